The lowest BCUT2D eigenvalue weighted by Crippen LogP contribution is -2.36. The van der Waals surface area contributed by atoms with Crippen LogP contribution in [-0.2, 0) is 19.6 Å². The highest BCUT2D eigenvalue weighted by Gasteiger charge is 2.25. The smallest absolute Gasteiger partial charge is 0.276 e. The lowest BCUT2D eigenvalue weighted by atomic mass is 10.1. The number of nitrogens with zero attached hydrogens (tertiary/aromatic N) is 3. The first-order valence-electron chi connectivity index (χ1n) is 9.01. The van der Waals surface area contributed by atoms with E-state index in [2.05, 4.69) is 10.1 Å². The first-order valence-corrected chi connectivity index (χ1v) is 9.01. The number of benzene rings is 1. The highest BCUT2D eigenvalue weighted by molar-refractivity contribution is 5.94. The van der Waals surface area contributed by atoms with Gasteiger partial charge < -0.3 is 14.2 Å². The van der Waals surface area contributed by atoms with Crippen LogP contribution in [0.25, 0.3) is 0 Å². The first kappa shape index (κ1) is 17.9. The molecule has 1 aliphatic rings. The highest BCUT2D eigenvalue weighted by Crippen LogP contribution is 2.20. The van der Waals surface area contributed by atoms with E-state index in [-0.39, 0.29) is 24.0 Å². The van der Waals surface area contributed by atoms with Gasteiger partial charge in [-0.3, -0.25) is 14.6 Å². The maximum Gasteiger partial charge on any atom is 0.276 e. The average molecular weight is 377 g/mol. The van der Waals surface area contributed by atoms with Gasteiger partial charge >= 0.3 is 0 Å². The molecule has 0 spiro atoms. The van der Waals surface area contributed by atoms with Crippen molar-refractivity contribution >= 4 is 11.7 Å². The Morgan fingerprint density at radius 2 is 2.11 bits per heavy atom. The molecule has 0 aliphatic carbocycles. The van der Waals surface area contributed by atoms with Crippen molar-refractivity contribution in [1.29, 1.82) is 0 Å². The van der Waals surface area contributed by atoms with Crippen LogP contribution in [0.4, 0.5) is 0 Å². The molecule has 1 amide bonds. The Morgan fingerprint density at radius 3 is 2.96 bits per heavy atom. The predicted octanol–water partition coefficient (Wildman–Crippen LogP) is 3.05. The molecule has 0 unspecified atom stereocenters. The van der Waals surface area contributed by atoms with Gasteiger partial charge in [0, 0.05) is 24.4 Å². The van der Waals surface area contributed by atoms with Crippen LogP contribution in [0.3, 0.4) is 0 Å². The molecule has 2 aromatic heterocycles. The van der Waals surface area contributed by atoms with Crippen molar-refractivity contribution < 1.29 is 18.8 Å². The van der Waals surface area contributed by atoms with Crippen LogP contribution in [0.15, 0.2) is 53.2 Å². The molecular formula is C21H19N3O4. The van der Waals surface area contributed by atoms with Gasteiger partial charge in [0.05, 0.1) is 12.2 Å². The fourth-order valence-corrected chi connectivity index (χ4v) is 3.13. The monoisotopic (exact) mass is 377 g/mol. The molecule has 7 nitrogen and oxygen atoms in total. The molecule has 0 radical (unpaired) electrons. The third-order valence-electron chi connectivity index (χ3n) is 4.66. The van der Waals surface area contributed by atoms with E-state index in [0.29, 0.717) is 30.2 Å². The van der Waals surface area contributed by atoms with Crippen LogP contribution in [0.2, 0.25) is 0 Å². The number of fused-ring (bicyclic) bond motifs is 1. The Kier molecular flexibility index (Phi) is 4.89. The molecule has 0 bridgehead atoms. The van der Waals surface area contributed by atoms with Crippen LogP contribution in [0, 0.1) is 0 Å². The van der Waals surface area contributed by atoms with E-state index < -0.39 is 0 Å². The quantitative estimate of drug-likeness (QED) is 0.635. The Bertz CT molecular complexity index is 1030. The molecule has 142 valence electrons. The number of hydrogen-bond donors (Lipinski definition) is 0. The molecule has 4 rings (SSSR count). The van der Waals surface area contributed by atoms with Crippen molar-refractivity contribution in [2.24, 2.45) is 0 Å². The molecule has 0 N–H and O–H groups in total. The number of rotatable bonds is 5. The fraction of sp³-hybridized carbons (Fsp3) is 0.238. The van der Waals surface area contributed by atoms with Gasteiger partial charge in [-0.2, -0.15) is 0 Å². The molecule has 0 atom stereocenters. The van der Waals surface area contributed by atoms with Crippen LogP contribution in [-0.4, -0.2) is 33.3 Å². The predicted molar refractivity (Wildman–Crippen MR) is 100.0 cm³/mol. The second-order valence-electron chi connectivity index (χ2n) is 6.64. The molecule has 1 aromatic carbocycles. The summed E-state index contributed by atoms with van der Waals surface area (Å²) < 4.78 is 10.9. The molecule has 0 fully saturated rings. The van der Waals surface area contributed by atoms with Crippen molar-refractivity contribution in [2.45, 2.75) is 26.5 Å². The number of ketones is 1. The Balaban J connectivity index is 1.40. The summed E-state index contributed by atoms with van der Waals surface area (Å²) in [5.41, 5.74) is 2.91. The molecule has 3 heterocycles. The summed E-state index contributed by atoms with van der Waals surface area (Å²) in [5, 5.41) is 3.88. The fourth-order valence-electron chi connectivity index (χ4n) is 3.13. The largest absolute Gasteiger partial charge is 0.486 e. The normalized spacial score (nSPS) is 13.1. The standard InChI is InChI=1S/C21H19N3O4/c1-14(25)16-4-2-6-17(10-16)27-13-18-11-19(23-28-18)21(26)24-9-7-15-5-3-8-22-20(15)12-24/h2-6,8,10-11H,7,9,12-13H2,1H3. The summed E-state index contributed by atoms with van der Waals surface area (Å²) in [6.07, 6.45) is 2.51. The molecule has 0 saturated heterocycles. The summed E-state index contributed by atoms with van der Waals surface area (Å²) in [6, 6.07) is 12.4. The van der Waals surface area contributed by atoms with Crippen molar-refractivity contribution in [1.82, 2.24) is 15.0 Å². The van der Waals surface area contributed by atoms with E-state index in [1.54, 1.807) is 41.4 Å². The van der Waals surface area contributed by atoms with Crippen LogP contribution < -0.4 is 4.74 Å². The van der Waals surface area contributed by atoms with Crippen molar-refractivity contribution in [3.63, 3.8) is 0 Å². The van der Waals surface area contributed by atoms with Crippen molar-refractivity contribution in [3.8, 4) is 5.75 Å². The average Bonchev–Trinajstić information content (AvgIpc) is 3.20. The van der Waals surface area contributed by atoms with Gasteiger partial charge in [-0.1, -0.05) is 23.4 Å². The minimum Gasteiger partial charge on any atom is -0.486 e. The molecule has 0 saturated carbocycles. The van der Waals surface area contributed by atoms with Gasteiger partial charge in [0.15, 0.2) is 17.2 Å². The molecular weight excluding hydrogens is 358 g/mol. The Labute approximate surface area is 161 Å². The summed E-state index contributed by atoms with van der Waals surface area (Å²) in [6.45, 7) is 2.70. The van der Waals surface area contributed by atoms with Gasteiger partial charge in [0.25, 0.3) is 5.91 Å². The number of carbonyl (C=O) groups is 2. The molecule has 1 aliphatic heterocycles. The lowest BCUT2D eigenvalue weighted by molar-refractivity contribution is 0.0721. The lowest BCUT2D eigenvalue weighted by Gasteiger charge is -2.27. The summed E-state index contributed by atoms with van der Waals surface area (Å²) in [7, 11) is 0. The third-order valence-corrected chi connectivity index (χ3v) is 4.66. The van der Waals surface area contributed by atoms with Crippen LogP contribution in [0.5, 0.6) is 5.75 Å². The second-order valence-corrected chi connectivity index (χ2v) is 6.64. The number of pyridine rings is 1. The van der Waals surface area contributed by atoms with Gasteiger partial charge in [0.1, 0.15) is 12.4 Å². The highest BCUT2D eigenvalue weighted by atomic mass is 16.5. The number of Topliss-reactive ketones (excluding diaryl/α,β-unsaturated/α-hetero) is 1. The van der Waals surface area contributed by atoms with E-state index in [1.165, 1.54) is 12.5 Å². The minimum absolute atomic E-state index is 0.0319. The second kappa shape index (κ2) is 7.64. The van der Waals surface area contributed by atoms with E-state index in [1.807, 2.05) is 12.1 Å². The number of carbonyl (C=O) groups excluding carboxylic acids is 2. The van der Waals surface area contributed by atoms with Crippen molar-refractivity contribution in [2.75, 3.05) is 6.54 Å². The van der Waals surface area contributed by atoms with Gasteiger partial charge in [-0.25, -0.2) is 0 Å². The summed E-state index contributed by atoms with van der Waals surface area (Å²) in [4.78, 5) is 30.2. The van der Waals surface area contributed by atoms with Gasteiger partial charge in [-0.15, -0.1) is 0 Å². The topological polar surface area (TPSA) is 85.5 Å². The maximum absolute atomic E-state index is 12.7. The molecule has 3 aromatic rings. The summed E-state index contributed by atoms with van der Waals surface area (Å²) >= 11 is 0. The summed E-state index contributed by atoms with van der Waals surface area (Å²) in [5.74, 6) is 0.767. The van der Waals surface area contributed by atoms with E-state index in [9.17, 15) is 9.59 Å². The Hall–Kier alpha value is -3.48. The molecule has 7 heteroatoms. The zero-order valence-corrected chi connectivity index (χ0v) is 15.4. The number of hydrogen-bond acceptors (Lipinski definition) is 6. The minimum atomic E-state index is -0.190. The van der Waals surface area contributed by atoms with Crippen LogP contribution in [0.1, 0.15) is 44.8 Å². The zero-order chi connectivity index (χ0) is 19.5. The maximum atomic E-state index is 12.7. The van der Waals surface area contributed by atoms with Gasteiger partial charge in [0.2, 0.25) is 0 Å². The first-order chi connectivity index (χ1) is 13.6. The zero-order valence-electron chi connectivity index (χ0n) is 15.4. The SMILES string of the molecule is CC(=O)c1cccc(OCc2cc(C(=O)N3CCc4cccnc4C3)no2)c1. The van der Waals surface area contributed by atoms with Gasteiger partial charge in [-0.05, 0) is 37.1 Å². The number of aromatic nitrogens is 2. The third kappa shape index (κ3) is 3.78. The number of amides is 1. The van der Waals surface area contributed by atoms with Crippen molar-refractivity contribution in [3.05, 3.63) is 76.9 Å². The van der Waals surface area contributed by atoms with E-state index in [4.69, 9.17) is 9.26 Å². The Morgan fingerprint density at radius 1 is 1.21 bits per heavy atom. The molecule has 28 heavy (non-hydrogen) atoms. The van der Waals surface area contributed by atoms with E-state index in [0.717, 1.165) is 12.1 Å². The van der Waals surface area contributed by atoms with E-state index >= 15 is 0 Å². The van der Waals surface area contributed by atoms with Crippen LogP contribution >= 0.6 is 0 Å². The number of ether oxygens (including phenoxy) is 1.